The normalized spacial score (nSPS) is 36.5. The fourth-order valence-corrected chi connectivity index (χ4v) is 2.82. The Kier molecular flexibility index (Phi) is 3.53. The highest BCUT2D eigenvalue weighted by atomic mass is 32.2. The third-order valence-corrected chi connectivity index (χ3v) is 3.94. The maximum Gasteiger partial charge on any atom is 0.238 e. The Bertz CT molecular complexity index is 236. The highest BCUT2D eigenvalue weighted by molar-refractivity contribution is 7.99. The van der Waals surface area contributed by atoms with Crippen molar-refractivity contribution in [3.05, 3.63) is 0 Å². The first-order valence-electron chi connectivity index (χ1n) is 5.41. The maximum absolute atomic E-state index is 11.9. The van der Waals surface area contributed by atoms with Crippen LogP contribution in [0.4, 0.5) is 0 Å². The van der Waals surface area contributed by atoms with Gasteiger partial charge in [0.05, 0.1) is 18.2 Å². The number of carbonyl (C=O) groups excluding carboxylic acids is 1. The minimum absolute atomic E-state index is 0.0267. The molecule has 2 unspecified atom stereocenters. The number of amides is 1. The maximum atomic E-state index is 11.9. The van der Waals surface area contributed by atoms with Gasteiger partial charge in [-0.05, 0) is 13.3 Å². The molecule has 2 saturated heterocycles. The molecule has 15 heavy (non-hydrogen) atoms. The number of rotatable bonds is 2. The fourth-order valence-electron chi connectivity index (χ4n) is 1.88. The van der Waals surface area contributed by atoms with Gasteiger partial charge in [-0.2, -0.15) is 11.8 Å². The van der Waals surface area contributed by atoms with Crippen LogP contribution in [0, 0.1) is 0 Å². The van der Waals surface area contributed by atoms with Gasteiger partial charge in [-0.1, -0.05) is 0 Å². The minimum Gasteiger partial charge on any atom is -0.379 e. The third-order valence-electron chi connectivity index (χ3n) is 2.88. The Morgan fingerprint density at radius 1 is 1.67 bits per heavy atom. The first kappa shape index (κ1) is 11.2. The van der Waals surface area contributed by atoms with Crippen LogP contribution in [0.3, 0.4) is 0 Å². The van der Waals surface area contributed by atoms with Crippen LogP contribution >= 0.6 is 11.8 Å². The van der Waals surface area contributed by atoms with Crippen LogP contribution in [-0.4, -0.2) is 48.8 Å². The molecule has 5 heteroatoms. The molecule has 0 aliphatic carbocycles. The Balaban J connectivity index is 1.85. The van der Waals surface area contributed by atoms with E-state index >= 15 is 0 Å². The van der Waals surface area contributed by atoms with E-state index in [1.165, 1.54) is 0 Å². The highest BCUT2D eigenvalue weighted by Gasteiger charge is 2.33. The van der Waals surface area contributed by atoms with E-state index in [4.69, 9.17) is 4.74 Å². The monoisotopic (exact) mass is 230 g/mol. The fraction of sp³-hybridized carbons (Fsp3) is 0.900. The highest BCUT2D eigenvalue weighted by Crippen LogP contribution is 2.18. The molecular formula is C10H18N2O2S. The molecule has 2 fully saturated rings. The van der Waals surface area contributed by atoms with Crippen LogP contribution in [0.1, 0.15) is 13.3 Å². The number of thioether (sulfide) groups is 1. The van der Waals surface area contributed by atoms with Crippen LogP contribution in [0.2, 0.25) is 0 Å². The summed E-state index contributed by atoms with van der Waals surface area (Å²) in [6.07, 6.45) is 0.915. The average molecular weight is 230 g/mol. The van der Waals surface area contributed by atoms with Gasteiger partial charge < -0.3 is 15.4 Å². The zero-order valence-electron chi connectivity index (χ0n) is 9.04. The summed E-state index contributed by atoms with van der Waals surface area (Å²) in [5.74, 6) is 2.10. The first-order chi connectivity index (χ1) is 7.20. The van der Waals surface area contributed by atoms with E-state index in [1.807, 2.05) is 18.7 Å². The Labute approximate surface area is 94.5 Å². The van der Waals surface area contributed by atoms with Crippen LogP contribution in [0.25, 0.3) is 0 Å². The Hall–Kier alpha value is -0.260. The lowest BCUT2D eigenvalue weighted by atomic mass is 10.0. The van der Waals surface area contributed by atoms with Gasteiger partial charge in [0.1, 0.15) is 0 Å². The Morgan fingerprint density at radius 3 is 3.13 bits per heavy atom. The van der Waals surface area contributed by atoms with E-state index in [9.17, 15) is 4.79 Å². The Morgan fingerprint density at radius 2 is 2.53 bits per heavy atom. The number of ether oxygens (including phenoxy) is 1. The second-order valence-electron chi connectivity index (χ2n) is 4.43. The average Bonchev–Trinajstić information content (AvgIpc) is 2.66. The molecule has 2 N–H and O–H groups in total. The van der Waals surface area contributed by atoms with E-state index in [0.717, 1.165) is 31.1 Å². The largest absolute Gasteiger partial charge is 0.379 e. The third kappa shape index (κ3) is 2.86. The topological polar surface area (TPSA) is 50.4 Å². The van der Waals surface area contributed by atoms with Gasteiger partial charge in [-0.15, -0.1) is 0 Å². The van der Waals surface area contributed by atoms with Crippen molar-refractivity contribution in [3.8, 4) is 0 Å². The molecule has 0 bridgehead atoms. The van der Waals surface area contributed by atoms with Gasteiger partial charge in [0.15, 0.2) is 0 Å². The number of hydrogen-bond acceptors (Lipinski definition) is 4. The van der Waals surface area contributed by atoms with Gasteiger partial charge in [0.2, 0.25) is 5.91 Å². The predicted octanol–water partition coefficient (Wildman–Crippen LogP) is -0.0134. The summed E-state index contributed by atoms with van der Waals surface area (Å²) in [4.78, 5) is 11.9. The predicted molar refractivity (Wildman–Crippen MR) is 61.1 cm³/mol. The lowest BCUT2D eigenvalue weighted by molar-refractivity contribution is -0.124. The summed E-state index contributed by atoms with van der Waals surface area (Å²) >= 11 is 1.83. The molecule has 2 aliphatic heterocycles. The van der Waals surface area contributed by atoms with Crippen molar-refractivity contribution in [1.82, 2.24) is 10.6 Å². The van der Waals surface area contributed by atoms with E-state index in [-0.39, 0.29) is 17.5 Å². The molecule has 0 aromatic rings. The first-order valence-corrected chi connectivity index (χ1v) is 6.56. The van der Waals surface area contributed by atoms with E-state index in [0.29, 0.717) is 6.61 Å². The summed E-state index contributed by atoms with van der Waals surface area (Å²) in [6.45, 7) is 4.37. The van der Waals surface area contributed by atoms with E-state index < -0.39 is 0 Å². The molecule has 0 aromatic heterocycles. The van der Waals surface area contributed by atoms with Crippen molar-refractivity contribution in [2.45, 2.75) is 24.9 Å². The van der Waals surface area contributed by atoms with Crippen molar-refractivity contribution in [1.29, 1.82) is 0 Å². The van der Waals surface area contributed by atoms with Gasteiger partial charge in [-0.3, -0.25) is 4.79 Å². The molecule has 0 saturated carbocycles. The zero-order chi connectivity index (χ0) is 10.7. The molecule has 2 rings (SSSR count). The van der Waals surface area contributed by atoms with Crippen LogP contribution in [0.15, 0.2) is 0 Å². The molecule has 2 atom stereocenters. The number of hydrogen-bond donors (Lipinski definition) is 2. The number of carbonyl (C=O) groups is 1. The van der Waals surface area contributed by atoms with Crippen molar-refractivity contribution in [2.24, 2.45) is 0 Å². The lowest BCUT2D eigenvalue weighted by Gasteiger charge is -2.28. The molecule has 86 valence electrons. The second kappa shape index (κ2) is 4.72. The zero-order valence-corrected chi connectivity index (χ0v) is 9.86. The van der Waals surface area contributed by atoms with Gasteiger partial charge in [0, 0.05) is 24.7 Å². The SMILES string of the molecule is CC1(NC(=O)C2CSCCN2)CCOC1. The standard InChI is InChI=1S/C10H18N2O2S/c1-10(2-4-14-7-10)12-9(13)8-6-15-5-3-11-8/h8,11H,2-7H2,1H3,(H,12,13). The molecule has 0 aromatic carbocycles. The quantitative estimate of drug-likeness (QED) is 0.700. The molecule has 2 aliphatic rings. The van der Waals surface area contributed by atoms with Gasteiger partial charge in [0.25, 0.3) is 0 Å². The van der Waals surface area contributed by atoms with Crippen molar-refractivity contribution >= 4 is 17.7 Å². The molecule has 1 amide bonds. The second-order valence-corrected chi connectivity index (χ2v) is 5.58. The molecule has 0 spiro atoms. The summed E-state index contributed by atoms with van der Waals surface area (Å²) in [5.41, 5.74) is -0.152. The van der Waals surface area contributed by atoms with Gasteiger partial charge in [-0.25, -0.2) is 0 Å². The van der Waals surface area contributed by atoms with Crippen LogP contribution in [-0.2, 0) is 9.53 Å². The molecule has 0 radical (unpaired) electrons. The van der Waals surface area contributed by atoms with E-state index in [1.54, 1.807) is 0 Å². The summed E-state index contributed by atoms with van der Waals surface area (Å²) in [6, 6.07) is -0.0267. The summed E-state index contributed by atoms with van der Waals surface area (Å²) in [5, 5.41) is 6.32. The summed E-state index contributed by atoms with van der Waals surface area (Å²) < 4.78 is 5.31. The molecule has 4 nitrogen and oxygen atoms in total. The summed E-state index contributed by atoms with van der Waals surface area (Å²) in [7, 11) is 0. The minimum atomic E-state index is -0.152. The van der Waals surface area contributed by atoms with Crippen LogP contribution in [0.5, 0.6) is 0 Å². The van der Waals surface area contributed by atoms with Crippen molar-refractivity contribution in [2.75, 3.05) is 31.3 Å². The smallest absolute Gasteiger partial charge is 0.238 e. The molecule has 2 heterocycles. The van der Waals surface area contributed by atoms with Crippen LogP contribution < -0.4 is 10.6 Å². The lowest BCUT2D eigenvalue weighted by Crippen LogP contribution is -2.56. The van der Waals surface area contributed by atoms with E-state index in [2.05, 4.69) is 10.6 Å². The number of nitrogens with one attached hydrogen (secondary N) is 2. The van der Waals surface area contributed by atoms with Gasteiger partial charge >= 0.3 is 0 Å². The van der Waals surface area contributed by atoms with Crippen molar-refractivity contribution in [3.63, 3.8) is 0 Å². The van der Waals surface area contributed by atoms with Crippen molar-refractivity contribution < 1.29 is 9.53 Å². The molecular weight excluding hydrogens is 212 g/mol.